The molecular weight excluding hydrogens is 242 g/mol. The monoisotopic (exact) mass is 261 g/mol. The van der Waals surface area contributed by atoms with E-state index < -0.39 is 0 Å². The van der Waals surface area contributed by atoms with Crippen LogP contribution in [0.15, 0.2) is 18.3 Å². The first-order valence-corrected chi connectivity index (χ1v) is 6.32. The molecule has 0 atom stereocenters. The molecule has 0 aliphatic heterocycles. The van der Waals surface area contributed by atoms with Crippen LogP contribution in [-0.4, -0.2) is 52.6 Å². The van der Waals surface area contributed by atoms with Crippen molar-refractivity contribution in [3.8, 4) is 0 Å². The summed E-state index contributed by atoms with van der Waals surface area (Å²) >= 11 is 0. The molecule has 0 bridgehead atoms. The van der Waals surface area contributed by atoms with E-state index in [1.807, 2.05) is 31.6 Å². The Morgan fingerprint density at radius 3 is 2.95 bits per heavy atom. The summed E-state index contributed by atoms with van der Waals surface area (Å²) in [5.41, 5.74) is 1.31. The van der Waals surface area contributed by atoms with Gasteiger partial charge in [-0.15, -0.1) is 10.2 Å². The molecule has 0 unspecified atom stereocenters. The Morgan fingerprint density at radius 2 is 2.21 bits per heavy atom. The molecule has 6 nitrogen and oxygen atoms in total. The first-order chi connectivity index (χ1) is 9.08. The molecule has 0 spiro atoms. The lowest BCUT2D eigenvalue weighted by molar-refractivity contribution is 0.0952. The molecule has 0 aliphatic carbocycles. The van der Waals surface area contributed by atoms with Crippen LogP contribution in [0.25, 0.3) is 5.65 Å². The number of fused-ring (bicyclic) bond motifs is 1. The molecule has 2 rings (SSSR count). The summed E-state index contributed by atoms with van der Waals surface area (Å²) in [5, 5.41) is 10.9. The summed E-state index contributed by atoms with van der Waals surface area (Å²) in [6, 6.07) is 3.53. The minimum Gasteiger partial charge on any atom is -0.352 e. The summed E-state index contributed by atoms with van der Waals surface area (Å²) in [4.78, 5) is 14.1. The van der Waals surface area contributed by atoms with Crippen LogP contribution in [0, 0.1) is 6.92 Å². The lowest BCUT2D eigenvalue weighted by atomic mass is 10.2. The first kappa shape index (κ1) is 13.5. The number of amides is 1. The molecule has 0 aromatic carbocycles. The Hall–Kier alpha value is -1.95. The second-order valence-corrected chi connectivity index (χ2v) is 4.80. The summed E-state index contributed by atoms with van der Waals surface area (Å²) in [6.07, 6.45) is 2.75. The Balaban J connectivity index is 1.97. The van der Waals surface area contributed by atoms with E-state index in [1.54, 1.807) is 12.1 Å². The standard InChI is InChI=1S/C13H19N5O/c1-10-15-16-12-9-11(5-8-18(10)12)13(19)14-6-4-7-17(2)3/h5,8-9H,4,6-7H2,1-3H3,(H,14,19). The number of aromatic nitrogens is 3. The number of nitrogens with one attached hydrogen (secondary N) is 1. The molecule has 0 saturated carbocycles. The summed E-state index contributed by atoms with van der Waals surface area (Å²) in [5.74, 6) is 0.745. The van der Waals surface area contributed by atoms with E-state index in [2.05, 4.69) is 20.4 Å². The van der Waals surface area contributed by atoms with E-state index in [9.17, 15) is 4.79 Å². The predicted octanol–water partition coefficient (Wildman–Crippen LogP) is 0.719. The van der Waals surface area contributed by atoms with Crippen molar-refractivity contribution >= 4 is 11.6 Å². The fourth-order valence-electron chi connectivity index (χ4n) is 1.85. The van der Waals surface area contributed by atoms with Crippen LogP contribution in [0.3, 0.4) is 0 Å². The van der Waals surface area contributed by atoms with Gasteiger partial charge in [-0.1, -0.05) is 0 Å². The number of hydrogen-bond donors (Lipinski definition) is 1. The molecule has 1 N–H and O–H groups in total. The van der Waals surface area contributed by atoms with Crippen LogP contribution >= 0.6 is 0 Å². The summed E-state index contributed by atoms with van der Waals surface area (Å²) in [6.45, 7) is 3.51. The SMILES string of the molecule is Cc1nnc2cc(C(=O)NCCCN(C)C)ccn12. The third-order valence-electron chi connectivity index (χ3n) is 2.91. The van der Waals surface area contributed by atoms with Gasteiger partial charge in [0.2, 0.25) is 0 Å². The second-order valence-electron chi connectivity index (χ2n) is 4.80. The van der Waals surface area contributed by atoms with Gasteiger partial charge < -0.3 is 10.2 Å². The van der Waals surface area contributed by atoms with Crippen molar-refractivity contribution in [3.63, 3.8) is 0 Å². The minimum absolute atomic E-state index is 0.0677. The normalized spacial score (nSPS) is 11.2. The van der Waals surface area contributed by atoms with Crippen molar-refractivity contribution in [2.24, 2.45) is 0 Å². The molecule has 2 heterocycles. The zero-order valence-corrected chi connectivity index (χ0v) is 11.6. The van der Waals surface area contributed by atoms with E-state index in [0.29, 0.717) is 17.8 Å². The maximum atomic E-state index is 12.0. The van der Waals surface area contributed by atoms with Crippen molar-refractivity contribution in [2.75, 3.05) is 27.2 Å². The van der Waals surface area contributed by atoms with Gasteiger partial charge >= 0.3 is 0 Å². The molecular formula is C13H19N5O. The fourth-order valence-corrected chi connectivity index (χ4v) is 1.85. The van der Waals surface area contributed by atoms with Gasteiger partial charge in [-0.3, -0.25) is 9.20 Å². The number of rotatable bonds is 5. The maximum absolute atomic E-state index is 12.0. The highest BCUT2D eigenvalue weighted by molar-refractivity contribution is 5.94. The number of carbonyl (C=O) groups excluding carboxylic acids is 1. The van der Waals surface area contributed by atoms with Gasteiger partial charge in [-0.05, 0) is 46.1 Å². The molecule has 1 amide bonds. The molecule has 0 saturated heterocycles. The molecule has 0 fully saturated rings. The largest absolute Gasteiger partial charge is 0.352 e. The molecule has 0 radical (unpaired) electrons. The van der Waals surface area contributed by atoms with Gasteiger partial charge in [0.25, 0.3) is 5.91 Å². The van der Waals surface area contributed by atoms with Crippen LogP contribution < -0.4 is 5.32 Å². The molecule has 102 valence electrons. The van der Waals surface area contributed by atoms with Crippen molar-refractivity contribution < 1.29 is 4.79 Å². The predicted molar refractivity (Wildman–Crippen MR) is 73.2 cm³/mol. The Bertz CT molecular complexity index is 575. The third kappa shape index (κ3) is 3.29. The van der Waals surface area contributed by atoms with E-state index in [1.165, 1.54) is 0 Å². The third-order valence-corrected chi connectivity index (χ3v) is 2.91. The Labute approximate surface area is 112 Å². The Morgan fingerprint density at radius 1 is 1.42 bits per heavy atom. The van der Waals surface area contributed by atoms with Gasteiger partial charge in [-0.2, -0.15) is 0 Å². The highest BCUT2D eigenvalue weighted by atomic mass is 16.1. The number of pyridine rings is 1. The van der Waals surface area contributed by atoms with Crippen molar-refractivity contribution in [1.29, 1.82) is 0 Å². The molecule has 0 aliphatic rings. The summed E-state index contributed by atoms with van der Waals surface area (Å²) < 4.78 is 1.85. The number of aryl methyl sites for hydroxylation is 1. The van der Waals surface area contributed by atoms with Gasteiger partial charge in [0.1, 0.15) is 5.82 Å². The average Bonchev–Trinajstić information content (AvgIpc) is 2.75. The van der Waals surface area contributed by atoms with E-state index in [-0.39, 0.29) is 5.91 Å². The number of nitrogens with zero attached hydrogens (tertiary/aromatic N) is 4. The topological polar surface area (TPSA) is 62.5 Å². The minimum atomic E-state index is -0.0677. The molecule has 2 aromatic rings. The lowest BCUT2D eigenvalue weighted by Crippen LogP contribution is -2.27. The second kappa shape index (κ2) is 5.79. The van der Waals surface area contributed by atoms with Crippen molar-refractivity contribution in [3.05, 3.63) is 29.7 Å². The quantitative estimate of drug-likeness (QED) is 0.806. The molecule has 6 heteroatoms. The van der Waals surface area contributed by atoms with Crippen molar-refractivity contribution in [2.45, 2.75) is 13.3 Å². The van der Waals surface area contributed by atoms with Gasteiger partial charge in [0, 0.05) is 18.3 Å². The maximum Gasteiger partial charge on any atom is 0.251 e. The zero-order valence-electron chi connectivity index (χ0n) is 11.6. The van der Waals surface area contributed by atoms with Crippen LogP contribution in [0.1, 0.15) is 22.6 Å². The number of carbonyl (C=O) groups is 1. The van der Waals surface area contributed by atoms with Gasteiger partial charge in [-0.25, -0.2) is 0 Å². The average molecular weight is 261 g/mol. The van der Waals surface area contributed by atoms with Gasteiger partial charge in [0.15, 0.2) is 5.65 Å². The first-order valence-electron chi connectivity index (χ1n) is 6.32. The highest BCUT2D eigenvalue weighted by Gasteiger charge is 2.08. The van der Waals surface area contributed by atoms with Gasteiger partial charge in [0.05, 0.1) is 0 Å². The highest BCUT2D eigenvalue weighted by Crippen LogP contribution is 2.06. The number of hydrogen-bond acceptors (Lipinski definition) is 4. The smallest absolute Gasteiger partial charge is 0.251 e. The van der Waals surface area contributed by atoms with Crippen LogP contribution in [0.2, 0.25) is 0 Å². The fraction of sp³-hybridized carbons (Fsp3) is 0.462. The van der Waals surface area contributed by atoms with E-state index in [0.717, 1.165) is 18.8 Å². The zero-order chi connectivity index (χ0) is 13.8. The van der Waals surface area contributed by atoms with Crippen LogP contribution in [0.5, 0.6) is 0 Å². The summed E-state index contributed by atoms with van der Waals surface area (Å²) in [7, 11) is 4.03. The van der Waals surface area contributed by atoms with Crippen LogP contribution in [0.4, 0.5) is 0 Å². The van der Waals surface area contributed by atoms with E-state index in [4.69, 9.17) is 0 Å². The van der Waals surface area contributed by atoms with E-state index >= 15 is 0 Å². The van der Waals surface area contributed by atoms with Crippen molar-refractivity contribution in [1.82, 2.24) is 24.8 Å². The van der Waals surface area contributed by atoms with Crippen LogP contribution in [-0.2, 0) is 0 Å². The Kier molecular flexibility index (Phi) is 4.11. The molecule has 19 heavy (non-hydrogen) atoms. The lowest BCUT2D eigenvalue weighted by Gasteiger charge is -2.09. The molecule has 2 aromatic heterocycles.